The molecule has 0 saturated carbocycles. The molecule has 0 unspecified atom stereocenters. The van der Waals surface area contributed by atoms with Gasteiger partial charge in [-0.15, -0.1) is 0 Å². The lowest BCUT2D eigenvalue weighted by atomic mass is 9.87. The number of phenolic OH excluding ortho intramolecular Hbond substituents is 2. The van der Waals surface area contributed by atoms with E-state index in [4.69, 9.17) is 33.2 Å². The Morgan fingerprint density at radius 3 is 1.30 bits per heavy atom. The van der Waals surface area contributed by atoms with Gasteiger partial charge < -0.3 is 43.4 Å². The van der Waals surface area contributed by atoms with Crippen LogP contribution < -0.4 is 18.9 Å². The summed E-state index contributed by atoms with van der Waals surface area (Å²) in [5.41, 5.74) is 6.69. The summed E-state index contributed by atoms with van der Waals surface area (Å²) >= 11 is 0. The van der Waals surface area contributed by atoms with Crippen molar-refractivity contribution in [3.05, 3.63) is 104 Å². The Labute approximate surface area is 270 Å². The average Bonchev–Trinajstić information content (AvgIpc) is 3.04. The van der Waals surface area contributed by atoms with E-state index in [9.17, 15) is 10.2 Å². The zero-order valence-electron chi connectivity index (χ0n) is 27.8. The summed E-state index contributed by atoms with van der Waals surface area (Å²) in [5, 5.41) is 23.9. The van der Waals surface area contributed by atoms with Crippen molar-refractivity contribution >= 4 is 0 Å². The predicted octanol–water partition coefficient (Wildman–Crippen LogP) is 6.86. The molecule has 4 aromatic carbocycles. The second kappa shape index (κ2) is 13.5. The number of hydrogen-bond acceptors (Lipinski definition) is 9. The monoisotopic (exact) mass is 630 g/mol. The van der Waals surface area contributed by atoms with Gasteiger partial charge in [0.25, 0.3) is 0 Å². The van der Waals surface area contributed by atoms with Crippen LogP contribution >= 0.6 is 0 Å². The fourth-order valence-corrected chi connectivity index (χ4v) is 6.69. The number of aromatic hydroxyl groups is 2. The average molecular weight is 631 g/mol. The summed E-state index contributed by atoms with van der Waals surface area (Å²) in [4.78, 5) is 0. The van der Waals surface area contributed by atoms with Crippen molar-refractivity contribution < 1.29 is 43.4 Å². The van der Waals surface area contributed by atoms with Crippen LogP contribution in [-0.2, 0) is 20.6 Å². The molecule has 9 nitrogen and oxygen atoms in total. The molecule has 9 heteroatoms. The molecule has 0 spiro atoms. The number of benzene rings is 4. The third kappa shape index (κ3) is 5.70. The van der Waals surface area contributed by atoms with E-state index in [1.54, 1.807) is 68.0 Å². The number of ether oxygens (including phenoxy) is 7. The van der Waals surface area contributed by atoms with Crippen LogP contribution in [0.4, 0.5) is 0 Å². The van der Waals surface area contributed by atoms with Gasteiger partial charge in [0.2, 0.25) is 0 Å². The highest BCUT2D eigenvalue weighted by Gasteiger charge is 2.33. The number of hydrogen-bond donors (Lipinski definition) is 2. The maximum absolute atomic E-state index is 12.0. The molecule has 8 bridgehead atoms. The van der Waals surface area contributed by atoms with Gasteiger partial charge in [0, 0.05) is 66.7 Å². The van der Waals surface area contributed by atoms with Gasteiger partial charge in [0.05, 0.1) is 28.4 Å². The van der Waals surface area contributed by atoms with Crippen molar-refractivity contribution in [2.45, 2.75) is 38.6 Å². The Bertz CT molecular complexity index is 1740. The summed E-state index contributed by atoms with van der Waals surface area (Å²) in [6, 6.07) is 15.0. The fraction of sp³-hybridized carbons (Fsp3) is 0.351. The number of methoxy groups -OCH3 is 7. The smallest absolute Gasteiger partial charge is 0.131 e. The van der Waals surface area contributed by atoms with Crippen LogP contribution in [-0.4, -0.2) is 60.0 Å². The van der Waals surface area contributed by atoms with Gasteiger partial charge in [-0.1, -0.05) is 17.2 Å². The number of fused-ring (bicyclic) bond motifs is 8. The molecule has 0 amide bonds. The Morgan fingerprint density at radius 1 is 0.457 bits per heavy atom. The van der Waals surface area contributed by atoms with Crippen molar-refractivity contribution in [3.63, 3.8) is 0 Å². The predicted molar refractivity (Wildman–Crippen MR) is 174 cm³/mol. The fourth-order valence-electron chi connectivity index (χ4n) is 6.69. The summed E-state index contributed by atoms with van der Waals surface area (Å²) in [6.45, 7) is 3.94. The highest BCUT2D eigenvalue weighted by Crippen LogP contribution is 2.49. The van der Waals surface area contributed by atoms with Crippen LogP contribution in [0.25, 0.3) is 0 Å². The third-order valence-electron chi connectivity index (χ3n) is 8.63. The Balaban J connectivity index is 1.97. The van der Waals surface area contributed by atoms with Crippen LogP contribution in [0.3, 0.4) is 0 Å². The number of rotatable bonds is 7. The largest absolute Gasteiger partial charge is 0.507 e. The van der Waals surface area contributed by atoms with Crippen LogP contribution in [0.1, 0.15) is 73.9 Å². The lowest BCUT2D eigenvalue weighted by Gasteiger charge is -2.29. The first-order valence-corrected chi connectivity index (χ1v) is 14.9. The summed E-state index contributed by atoms with van der Waals surface area (Å²) < 4.78 is 41.9. The topological polar surface area (TPSA) is 105 Å². The quantitative estimate of drug-likeness (QED) is 0.227. The molecule has 2 N–H and O–H groups in total. The van der Waals surface area contributed by atoms with E-state index < -0.39 is 18.3 Å². The first-order valence-electron chi connectivity index (χ1n) is 14.9. The Morgan fingerprint density at radius 2 is 0.870 bits per heavy atom. The summed E-state index contributed by atoms with van der Waals surface area (Å²) in [6.07, 6.45) is -2.00. The highest BCUT2D eigenvalue weighted by molar-refractivity contribution is 5.61. The lowest BCUT2D eigenvalue weighted by molar-refractivity contribution is 0.120. The minimum atomic E-state index is -0.796. The number of phenols is 2. The van der Waals surface area contributed by atoms with Crippen LogP contribution in [0, 0.1) is 13.8 Å². The van der Waals surface area contributed by atoms with Gasteiger partial charge in [-0.05, 0) is 61.9 Å². The zero-order valence-corrected chi connectivity index (χ0v) is 27.8. The molecule has 0 aliphatic heterocycles. The third-order valence-corrected chi connectivity index (χ3v) is 8.63. The molecular weight excluding hydrogens is 588 g/mol. The molecule has 0 aromatic heterocycles. The van der Waals surface area contributed by atoms with Crippen LogP contribution in [0.2, 0.25) is 0 Å². The molecule has 244 valence electrons. The zero-order chi connectivity index (χ0) is 33.3. The summed E-state index contributed by atoms with van der Waals surface area (Å²) in [7, 11) is 11.1. The van der Waals surface area contributed by atoms with Crippen molar-refractivity contribution in [2.75, 3.05) is 49.8 Å². The molecule has 3 atom stereocenters. The van der Waals surface area contributed by atoms with Gasteiger partial charge in [0.1, 0.15) is 52.8 Å². The van der Waals surface area contributed by atoms with Gasteiger partial charge in [-0.3, -0.25) is 0 Å². The second-order valence-corrected chi connectivity index (χ2v) is 11.4. The van der Waals surface area contributed by atoms with Crippen molar-refractivity contribution in [2.24, 2.45) is 0 Å². The molecule has 1 aliphatic rings. The molecule has 0 fully saturated rings. The van der Waals surface area contributed by atoms with Crippen molar-refractivity contribution in [1.82, 2.24) is 0 Å². The normalized spacial score (nSPS) is 17.4. The van der Waals surface area contributed by atoms with E-state index in [1.807, 2.05) is 44.2 Å². The first kappa shape index (κ1) is 32.9. The molecule has 0 saturated heterocycles. The van der Waals surface area contributed by atoms with Crippen LogP contribution in [0.5, 0.6) is 34.5 Å². The van der Waals surface area contributed by atoms with Gasteiger partial charge >= 0.3 is 0 Å². The minimum absolute atomic E-state index is 0.0160. The van der Waals surface area contributed by atoms with E-state index in [1.165, 1.54) is 0 Å². The Kier molecular flexibility index (Phi) is 9.67. The van der Waals surface area contributed by atoms with Crippen molar-refractivity contribution in [3.8, 4) is 34.5 Å². The standard InChI is InChI=1S/C37H42O9/c1-19-10-22-14-21-15-23(40-3)16-25(31(21)38)34(43-6)29-12-20(2)13-30(37(29)46-9)36(45-8)27-18-24(41-4)17-26(32(27)39)35(44-7)28(11-19)33(22)42-5/h10-13,15-18,34-36,38-39H,14H2,1-9H3/t34-,35-,36-/m0/s1. The molecule has 0 radical (unpaired) electrons. The number of aryl methyl sites for hydroxylation is 2. The maximum Gasteiger partial charge on any atom is 0.131 e. The minimum Gasteiger partial charge on any atom is -0.507 e. The van der Waals surface area contributed by atoms with E-state index in [-0.39, 0.29) is 11.5 Å². The van der Waals surface area contributed by atoms with Gasteiger partial charge in [-0.25, -0.2) is 0 Å². The second-order valence-electron chi connectivity index (χ2n) is 11.4. The van der Waals surface area contributed by atoms with E-state index in [0.717, 1.165) is 16.7 Å². The Hall–Kier alpha value is -4.44. The molecule has 4 aromatic rings. The van der Waals surface area contributed by atoms with Gasteiger partial charge in [0.15, 0.2) is 0 Å². The molecule has 46 heavy (non-hydrogen) atoms. The van der Waals surface area contributed by atoms with E-state index in [2.05, 4.69) is 0 Å². The van der Waals surface area contributed by atoms with E-state index in [0.29, 0.717) is 68.4 Å². The van der Waals surface area contributed by atoms with Crippen LogP contribution in [0.15, 0.2) is 48.5 Å². The summed E-state index contributed by atoms with van der Waals surface area (Å²) in [5.74, 6) is 2.16. The lowest BCUT2D eigenvalue weighted by Crippen LogP contribution is -2.14. The molecular formula is C37H42O9. The van der Waals surface area contributed by atoms with Gasteiger partial charge in [-0.2, -0.15) is 0 Å². The first-order chi connectivity index (χ1) is 22.1. The molecule has 1 aliphatic carbocycles. The maximum atomic E-state index is 12.0. The highest BCUT2D eigenvalue weighted by atomic mass is 16.5. The molecule has 0 heterocycles. The SMILES string of the molecule is COc1cc2c(O)c(c1)[C@H](OC)c1cc(C)cc(c1OC)[C@@H](OC)c1cc(OC)cc(c1O)[C@H](OC)c1cc(C)cc(c1OC)C2. The van der Waals surface area contributed by atoms with Crippen molar-refractivity contribution in [1.29, 1.82) is 0 Å². The molecule has 5 rings (SSSR count). The van der Waals surface area contributed by atoms with E-state index >= 15 is 0 Å².